The summed E-state index contributed by atoms with van der Waals surface area (Å²) in [7, 11) is 0. The Kier molecular flexibility index (Phi) is 30.0. The van der Waals surface area contributed by atoms with Gasteiger partial charge in [-0.1, -0.05) is 140 Å². The molecule has 2 atom stereocenters. The Morgan fingerprint density at radius 1 is 0.615 bits per heavy atom. The maximum atomic E-state index is 12.2. The molecule has 0 heterocycles. The average molecular weight is 548 g/mol. The first-order valence-electron chi connectivity index (χ1n) is 16.7. The smallest absolute Gasteiger partial charge is 0.220 e. The van der Waals surface area contributed by atoms with Crippen LogP contribution in [0.2, 0.25) is 0 Å². The molecule has 0 saturated heterocycles. The van der Waals surface area contributed by atoms with Crippen LogP contribution in [0, 0.1) is 0 Å². The van der Waals surface area contributed by atoms with Crippen molar-refractivity contribution in [3.05, 3.63) is 36.5 Å². The minimum atomic E-state index is -0.835. The van der Waals surface area contributed by atoms with Gasteiger partial charge in [-0.15, -0.1) is 0 Å². The zero-order valence-corrected chi connectivity index (χ0v) is 25.9. The largest absolute Gasteiger partial charge is 0.394 e. The average Bonchev–Trinajstić information content (AvgIpc) is 2.94. The van der Waals surface area contributed by atoms with Crippen molar-refractivity contribution in [3.8, 4) is 0 Å². The maximum absolute atomic E-state index is 12.2. The van der Waals surface area contributed by atoms with Crippen molar-refractivity contribution in [2.75, 3.05) is 6.61 Å². The molecule has 1 amide bonds. The molecule has 0 fully saturated rings. The number of carbonyl (C=O) groups excluding carboxylic acids is 1. The van der Waals surface area contributed by atoms with Gasteiger partial charge in [0.05, 0.1) is 18.8 Å². The van der Waals surface area contributed by atoms with Crippen molar-refractivity contribution in [1.82, 2.24) is 5.32 Å². The first-order chi connectivity index (χ1) is 19.2. The molecule has 4 heteroatoms. The molecule has 3 N–H and O–H groups in total. The minimum absolute atomic E-state index is 0.0766. The molecular weight excluding hydrogens is 482 g/mol. The number of allylic oxidation sites excluding steroid dienone is 5. The number of hydrogen-bond acceptors (Lipinski definition) is 3. The molecule has 0 aromatic heterocycles. The third-order valence-electron chi connectivity index (χ3n) is 7.37. The van der Waals surface area contributed by atoms with Crippen LogP contribution in [0.15, 0.2) is 36.5 Å². The summed E-state index contributed by atoms with van der Waals surface area (Å²) >= 11 is 0. The monoisotopic (exact) mass is 547 g/mol. The van der Waals surface area contributed by atoms with E-state index in [1.54, 1.807) is 6.08 Å². The summed E-state index contributed by atoms with van der Waals surface area (Å²) in [6.07, 6.45) is 39.5. The first kappa shape index (κ1) is 37.6. The highest BCUT2D eigenvalue weighted by molar-refractivity contribution is 5.76. The summed E-state index contributed by atoms with van der Waals surface area (Å²) < 4.78 is 0. The topological polar surface area (TPSA) is 69.6 Å². The highest BCUT2D eigenvalue weighted by atomic mass is 16.3. The highest BCUT2D eigenvalue weighted by Gasteiger charge is 2.17. The predicted octanol–water partition coefficient (Wildman–Crippen LogP) is 9.51. The molecule has 0 aliphatic carbocycles. The molecular formula is C35H65NO3. The molecule has 0 rings (SSSR count). The van der Waals surface area contributed by atoms with Crippen LogP contribution in [0.25, 0.3) is 0 Å². The van der Waals surface area contributed by atoms with Crippen LogP contribution >= 0.6 is 0 Å². The fraction of sp³-hybridized carbons (Fsp3) is 0.800. The van der Waals surface area contributed by atoms with E-state index in [-0.39, 0.29) is 12.5 Å². The molecule has 0 radical (unpaired) electrons. The van der Waals surface area contributed by atoms with Crippen molar-refractivity contribution in [1.29, 1.82) is 0 Å². The lowest BCUT2D eigenvalue weighted by atomic mass is 10.1. The van der Waals surface area contributed by atoms with E-state index in [1.165, 1.54) is 109 Å². The summed E-state index contributed by atoms with van der Waals surface area (Å²) in [4.78, 5) is 12.2. The fourth-order valence-electron chi connectivity index (χ4n) is 4.73. The number of amides is 1. The lowest BCUT2D eigenvalue weighted by molar-refractivity contribution is -0.123. The van der Waals surface area contributed by atoms with Gasteiger partial charge in [-0.3, -0.25) is 4.79 Å². The fourth-order valence-corrected chi connectivity index (χ4v) is 4.73. The van der Waals surface area contributed by atoms with Gasteiger partial charge in [0.15, 0.2) is 0 Å². The van der Waals surface area contributed by atoms with Gasteiger partial charge in [-0.2, -0.15) is 0 Å². The lowest BCUT2D eigenvalue weighted by Crippen LogP contribution is -2.45. The van der Waals surface area contributed by atoms with Gasteiger partial charge in [0.2, 0.25) is 5.91 Å². The van der Waals surface area contributed by atoms with E-state index in [0.29, 0.717) is 6.42 Å². The summed E-state index contributed by atoms with van der Waals surface area (Å²) in [5, 5.41) is 22.6. The quantitative estimate of drug-likeness (QED) is 0.0645. The molecule has 0 spiro atoms. The molecule has 0 aliphatic rings. The second-order valence-corrected chi connectivity index (χ2v) is 11.2. The van der Waals surface area contributed by atoms with E-state index in [4.69, 9.17) is 0 Å². The van der Waals surface area contributed by atoms with Gasteiger partial charge in [-0.25, -0.2) is 0 Å². The number of aliphatic hydroxyl groups is 2. The molecule has 4 nitrogen and oxygen atoms in total. The third-order valence-corrected chi connectivity index (χ3v) is 7.37. The lowest BCUT2D eigenvalue weighted by Gasteiger charge is -2.20. The molecule has 0 aromatic carbocycles. The van der Waals surface area contributed by atoms with E-state index >= 15 is 0 Å². The van der Waals surface area contributed by atoms with Crippen LogP contribution in [0.4, 0.5) is 0 Å². The van der Waals surface area contributed by atoms with Crippen LogP contribution in [-0.2, 0) is 4.79 Å². The van der Waals surface area contributed by atoms with E-state index < -0.39 is 12.1 Å². The van der Waals surface area contributed by atoms with Crippen molar-refractivity contribution in [2.45, 2.75) is 174 Å². The van der Waals surface area contributed by atoms with Crippen LogP contribution in [0.3, 0.4) is 0 Å². The van der Waals surface area contributed by atoms with Gasteiger partial charge >= 0.3 is 0 Å². The zero-order valence-electron chi connectivity index (χ0n) is 25.9. The number of hydrogen-bond donors (Lipinski definition) is 3. The Balaban J connectivity index is 3.55. The van der Waals surface area contributed by atoms with Crippen LogP contribution < -0.4 is 5.32 Å². The van der Waals surface area contributed by atoms with E-state index in [0.717, 1.165) is 32.1 Å². The summed E-state index contributed by atoms with van der Waals surface area (Å²) in [5.74, 6) is -0.0766. The van der Waals surface area contributed by atoms with Crippen molar-refractivity contribution in [3.63, 3.8) is 0 Å². The Hall–Kier alpha value is -1.39. The third kappa shape index (κ3) is 28.0. The molecule has 2 unspecified atom stereocenters. The summed E-state index contributed by atoms with van der Waals surface area (Å²) in [6.45, 7) is 4.20. The molecule has 0 aliphatic heterocycles. The van der Waals surface area contributed by atoms with Gasteiger partial charge in [-0.05, 0) is 51.4 Å². The van der Waals surface area contributed by atoms with E-state index in [9.17, 15) is 15.0 Å². The molecule has 39 heavy (non-hydrogen) atoms. The molecule has 0 bridgehead atoms. The molecule has 0 saturated carbocycles. The minimum Gasteiger partial charge on any atom is -0.394 e. The second-order valence-electron chi connectivity index (χ2n) is 11.2. The Bertz CT molecular complexity index is 599. The zero-order chi connectivity index (χ0) is 28.7. The maximum Gasteiger partial charge on any atom is 0.220 e. The number of carbonyl (C=O) groups is 1. The first-order valence-corrected chi connectivity index (χ1v) is 16.7. The van der Waals surface area contributed by atoms with Crippen LogP contribution in [0.1, 0.15) is 162 Å². The summed E-state index contributed by atoms with van der Waals surface area (Å²) in [5.41, 5.74) is 0. The number of rotatable bonds is 29. The van der Waals surface area contributed by atoms with Gasteiger partial charge in [0, 0.05) is 6.42 Å². The summed E-state index contributed by atoms with van der Waals surface area (Å²) in [6, 6.07) is -0.619. The second kappa shape index (κ2) is 31.1. The standard InChI is InChI=1S/C35H65NO3/c1-3-5-7-9-11-12-13-14-15-16-17-18-19-20-21-22-23-24-25-27-29-31-35(39)36-33(32-37)34(38)30-28-26-10-8-6-4-2/h13-14,16-17,28,30,33-34,37-38H,3-12,15,18-27,29,31-32H2,1-2H3,(H,36,39)/b14-13-,17-16-,30-28+. The Morgan fingerprint density at radius 3 is 1.56 bits per heavy atom. The predicted molar refractivity (Wildman–Crippen MR) is 170 cm³/mol. The van der Waals surface area contributed by atoms with Gasteiger partial charge < -0.3 is 15.5 Å². The van der Waals surface area contributed by atoms with Crippen molar-refractivity contribution < 1.29 is 15.0 Å². The molecule has 0 aromatic rings. The number of aliphatic hydroxyl groups excluding tert-OH is 2. The SMILES string of the molecule is CCCCCC/C=C/C(O)C(CO)NC(=O)CCCCCCCCCCC/C=C\C/C=C\CCCCCCC. The number of nitrogens with one attached hydrogen (secondary N) is 1. The van der Waals surface area contributed by atoms with Crippen LogP contribution in [0.5, 0.6) is 0 Å². The number of unbranched alkanes of at least 4 members (excludes halogenated alkanes) is 18. The van der Waals surface area contributed by atoms with Crippen LogP contribution in [-0.4, -0.2) is 34.9 Å². The van der Waals surface area contributed by atoms with Gasteiger partial charge in [0.25, 0.3) is 0 Å². The van der Waals surface area contributed by atoms with E-state index in [2.05, 4.69) is 43.5 Å². The van der Waals surface area contributed by atoms with Gasteiger partial charge in [0.1, 0.15) is 0 Å². The van der Waals surface area contributed by atoms with Crippen molar-refractivity contribution >= 4 is 5.91 Å². The highest BCUT2D eigenvalue weighted by Crippen LogP contribution is 2.12. The normalized spacial score (nSPS) is 13.6. The van der Waals surface area contributed by atoms with Crippen molar-refractivity contribution in [2.24, 2.45) is 0 Å². The Morgan fingerprint density at radius 2 is 1.05 bits per heavy atom. The van der Waals surface area contributed by atoms with E-state index in [1.807, 2.05) is 6.08 Å². The Labute approximate surface area is 242 Å². The molecule has 228 valence electrons.